The van der Waals surface area contributed by atoms with Gasteiger partial charge in [-0.3, -0.25) is 19.4 Å². The van der Waals surface area contributed by atoms with Crippen molar-refractivity contribution in [3.8, 4) is 5.75 Å². The average Bonchev–Trinajstić information content (AvgIpc) is 3.50. The number of nitrogens with zero attached hydrogens (tertiary/aromatic N) is 6. The second-order valence-electron chi connectivity index (χ2n) is 11.9. The third kappa shape index (κ3) is 6.31. The van der Waals surface area contributed by atoms with Gasteiger partial charge in [0.1, 0.15) is 18.0 Å². The Morgan fingerprint density at radius 1 is 1.05 bits per heavy atom. The number of aromatic hydroxyl groups is 1. The number of carbonyl (C=O) groups is 3. The molecule has 0 spiro atoms. The number of hydrogen-bond donors (Lipinski definition) is 1. The lowest BCUT2D eigenvalue weighted by Gasteiger charge is -2.55. The highest BCUT2D eigenvalue weighted by molar-refractivity contribution is 8.13. The molecule has 1 N–H and O–H groups in total. The SMILES string of the molecule is CN(C)CCC(=O)N1C2CN(CC3=CC=CC4SC=NC34)C(=O)C(Cc3ccc(O)cc3)N2C(=O)CN1Cc1ccccc1. The van der Waals surface area contributed by atoms with E-state index in [4.69, 9.17) is 0 Å². The molecule has 3 amide bonds. The van der Waals surface area contributed by atoms with Crippen molar-refractivity contribution in [2.24, 2.45) is 4.99 Å². The molecule has 4 atom stereocenters. The molecular formula is C33H38N6O4S. The number of phenolic OH excluding ortho intramolecular Hbond substituents is 1. The maximum absolute atomic E-state index is 14.3. The first-order valence-electron chi connectivity index (χ1n) is 15.0. The van der Waals surface area contributed by atoms with Crippen LogP contribution >= 0.6 is 11.8 Å². The predicted molar refractivity (Wildman–Crippen MR) is 171 cm³/mol. The van der Waals surface area contributed by atoms with E-state index in [1.807, 2.05) is 72.0 Å². The minimum atomic E-state index is -0.800. The molecule has 230 valence electrons. The van der Waals surface area contributed by atoms with Crippen molar-refractivity contribution in [2.75, 3.05) is 40.3 Å². The van der Waals surface area contributed by atoms with E-state index < -0.39 is 12.2 Å². The van der Waals surface area contributed by atoms with Gasteiger partial charge in [-0.2, -0.15) is 0 Å². The van der Waals surface area contributed by atoms with Crippen LogP contribution in [-0.2, 0) is 27.3 Å². The fourth-order valence-electron chi connectivity index (χ4n) is 6.36. The van der Waals surface area contributed by atoms with Crippen molar-refractivity contribution in [3.05, 3.63) is 89.5 Å². The number of phenols is 1. The van der Waals surface area contributed by atoms with Crippen LogP contribution < -0.4 is 0 Å². The molecule has 44 heavy (non-hydrogen) atoms. The highest BCUT2D eigenvalue weighted by Gasteiger charge is 2.51. The summed E-state index contributed by atoms with van der Waals surface area (Å²) in [6.45, 7) is 1.51. The van der Waals surface area contributed by atoms with E-state index in [0.29, 0.717) is 19.6 Å². The number of thioether (sulfide) groups is 1. The highest BCUT2D eigenvalue weighted by atomic mass is 32.2. The maximum Gasteiger partial charge on any atom is 0.246 e. The van der Waals surface area contributed by atoms with Gasteiger partial charge < -0.3 is 19.8 Å². The molecule has 2 aromatic carbocycles. The first kappa shape index (κ1) is 30.1. The molecule has 0 saturated carbocycles. The number of rotatable bonds is 9. The van der Waals surface area contributed by atoms with Crippen LogP contribution in [0.2, 0.25) is 0 Å². The first-order chi connectivity index (χ1) is 21.3. The summed E-state index contributed by atoms with van der Waals surface area (Å²) in [5.74, 6) is -0.294. The molecule has 3 heterocycles. The van der Waals surface area contributed by atoms with Gasteiger partial charge in [-0.1, -0.05) is 60.7 Å². The maximum atomic E-state index is 14.3. The van der Waals surface area contributed by atoms with Crippen LogP contribution in [0.4, 0.5) is 0 Å². The normalized spacial score (nSPS) is 25.0. The minimum absolute atomic E-state index is 0.00983. The molecule has 0 aromatic heterocycles. The van der Waals surface area contributed by atoms with Crippen LogP contribution in [0.1, 0.15) is 17.5 Å². The Morgan fingerprint density at radius 2 is 1.82 bits per heavy atom. The molecule has 11 heteroatoms. The number of hydrazine groups is 1. The lowest BCUT2D eigenvalue weighted by atomic mass is 9.95. The largest absolute Gasteiger partial charge is 0.508 e. The lowest BCUT2D eigenvalue weighted by Crippen LogP contribution is -2.76. The number of hydrogen-bond acceptors (Lipinski definition) is 8. The summed E-state index contributed by atoms with van der Waals surface area (Å²) >= 11 is 1.67. The highest BCUT2D eigenvalue weighted by Crippen LogP contribution is 2.34. The van der Waals surface area contributed by atoms with Crippen molar-refractivity contribution in [1.82, 2.24) is 24.7 Å². The van der Waals surface area contributed by atoms with E-state index in [0.717, 1.165) is 16.7 Å². The van der Waals surface area contributed by atoms with Crippen molar-refractivity contribution in [2.45, 2.75) is 42.9 Å². The zero-order valence-electron chi connectivity index (χ0n) is 25.0. The number of amides is 3. The molecule has 10 nitrogen and oxygen atoms in total. The molecule has 2 fully saturated rings. The Labute approximate surface area is 262 Å². The Morgan fingerprint density at radius 3 is 2.57 bits per heavy atom. The van der Waals surface area contributed by atoms with Crippen molar-refractivity contribution >= 4 is 35.0 Å². The van der Waals surface area contributed by atoms with Crippen LogP contribution in [0.5, 0.6) is 5.75 Å². The second-order valence-corrected chi connectivity index (χ2v) is 12.9. The van der Waals surface area contributed by atoms with Crippen molar-refractivity contribution < 1.29 is 19.5 Å². The zero-order chi connectivity index (χ0) is 30.8. The van der Waals surface area contributed by atoms with Gasteiger partial charge in [0.2, 0.25) is 17.7 Å². The van der Waals surface area contributed by atoms with E-state index in [-0.39, 0.29) is 60.7 Å². The average molecular weight is 615 g/mol. The Hall–Kier alpha value is -3.93. The summed E-state index contributed by atoms with van der Waals surface area (Å²) in [6.07, 6.45) is 6.08. The molecule has 6 rings (SSSR count). The Kier molecular flexibility index (Phi) is 8.88. The minimum Gasteiger partial charge on any atom is -0.508 e. The number of fused-ring (bicyclic) bond motifs is 2. The quantitative estimate of drug-likeness (QED) is 0.464. The van der Waals surface area contributed by atoms with Gasteiger partial charge in [-0.15, -0.1) is 11.8 Å². The fraction of sp³-hybridized carbons (Fsp3) is 0.394. The van der Waals surface area contributed by atoms with Gasteiger partial charge in [0.15, 0.2) is 0 Å². The van der Waals surface area contributed by atoms with Crippen LogP contribution in [0, 0.1) is 0 Å². The van der Waals surface area contributed by atoms with E-state index in [2.05, 4.69) is 11.1 Å². The van der Waals surface area contributed by atoms with Gasteiger partial charge in [0, 0.05) is 32.5 Å². The molecule has 4 aliphatic rings. The fourth-order valence-corrected chi connectivity index (χ4v) is 7.28. The van der Waals surface area contributed by atoms with Crippen LogP contribution in [0.15, 0.2) is 83.4 Å². The third-order valence-electron chi connectivity index (χ3n) is 8.55. The molecule has 0 bridgehead atoms. The summed E-state index contributed by atoms with van der Waals surface area (Å²) in [5.41, 5.74) is 4.73. The number of allylic oxidation sites excluding steroid dienone is 2. The Bertz CT molecular complexity index is 1480. The third-order valence-corrected chi connectivity index (χ3v) is 9.52. The zero-order valence-corrected chi connectivity index (χ0v) is 25.8. The number of carbonyl (C=O) groups excluding carboxylic acids is 3. The molecule has 3 aliphatic heterocycles. The Balaban J connectivity index is 1.36. The van der Waals surface area contributed by atoms with E-state index in [1.54, 1.807) is 50.8 Å². The van der Waals surface area contributed by atoms with Gasteiger partial charge in [-0.05, 0) is 42.9 Å². The van der Waals surface area contributed by atoms with Crippen LogP contribution in [0.3, 0.4) is 0 Å². The van der Waals surface area contributed by atoms with E-state index in [9.17, 15) is 19.5 Å². The first-order valence-corrected chi connectivity index (χ1v) is 15.9. The predicted octanol–water partition coefficient (Wildman–Crippen LogP) is 2.52. The number of aliphatic imine (C=N–C) groups is 1. The van der Waals surface area contributed by atoms with E-state index >= 15 is 0 Å². The topological polar surface area (TPSA) is 100 Å². The molecule has 2 saturated heterocycles. The van der Waals surface area contributed by atoms with Gasteiger partial charge >= 0.3 is 0 Å². The molecule has 1 aliphatic carbocycles. The summed E-state index contributed by atoms with van der Waals surface area (Å²) in [4.78, 5) is 52.4. The second kappa shape index (κ2) is 13.0. The van der Waals surface area contributed by atoms with Crippen molar-refractivity contribution in [3.63, 3.8) is 0 Å². The standard InChI is InChI=1S/C33H38N6O4S/c1-35(2)16-15-30(41)39-29-20-36(19-25-9-6-10-28-32(25)34-22-44-28)33(43)27(17-23-11-13-26(40)14-12-23)38(29)31(42)21-37(39)18-24-7-4-3-5-8-24/h3-14,22,27-29,32,40H,15-21H2,1-2H3. The summed E-state index contributed by atoms with van der Waals surface area (Å²) in [5, 5.41) is 13.7. The number of piperazine rings is 1. The molecule has 2 aromatic rings. The summed E-state index contributed by atoms with van der Waals surface area (Å²) in [6, 6.07) is 15.7. The number of benzene rings is 2. The van der Waals surface area contributed by atoms with E-state index in [1.165, 1.54) is 0 Å². The molecule has 0 radical (unpaired) electrons. The molecular weight excluding hydrogens is 576 g/mol. The summed E-state index contributed by atoms with van der Waals surface area (Å²) in [7, 11) is 3.86. The molecule has 4 unspecified atom stereocenters. The van der Waals surface area contributed by atoms with Gasteiger partial charge in [0.05, 0.1) is 29.9 Å². The smallest absolute Gasteiger partial charge is 0.246 e. The summed E-state index contributed by atoms with van der Waals surface area (Å²) < 4.78 is 0. The van der Waals surface area contributed by atoms with Crippen molar-refractivity contribution in [1.29, 1.82) is 0 Å². The van der Waals surface area contributed by atoms with Crippen LogP contribution in [-0.4, -0.2) is 117 Å². The van der Waals surface area contributed by atoms with Gasteiger partial charge in [0.25, 0.3) is 0 Å². The lowest BCUT2D eigenvalue weighted by molar-refractivity contribution is -0.208. The van der Waals surface area contributed by atoms with Gasteiger partial charge in [-0.25, -0.2) is 10.0 Å². The monoisotopic (exact) mass is 614 g/mol. The van der Waals surface area contributed by atoms with Crippen LogP contribution in [0.25, 0.3) is 0 Å².